The van der Waals surface area contributed by atoms with E-state index in [1.54, 1.807) is 23.1 Å². The van der Waals surface area contributed by atoms with Gasteiger partial charge in [-0.25, -0.2) is 8.42 Å². The number of para-hydroxylation sites is 2. The molecule has 4 rings (SSSR count). The minimum Gasteiger partial charge on any atom is -0.485 e. The molecule has 29 heavy (non-hydrogen) atoms. The maximum atomic E-state index is 12.9. The van der Waals surface area contributed by atoms with Gasteiger partial charge in [0.2, 0.25) is 16.1 Å². The second-order valence-corrected chi connectivity index (χ2v) is 9.51. The van der Waals surface area contributed by atoms with Crippen LogP contribution in [-0.2, 0) is 14.8 Å². The number of carbonyl (C=O) groups excluding carboxylic acids is 1. The van der Waals surface area contributed by atoms with Crippen molar-refractivity contribution in [2.24, 2.45) is 0 Å². The Bertz CT molecular complexity index is 1020. The molecule has 1 atom stereocenters. The molecule has 0 N–H and O–H groups in total. The molecule has 154 valence electrons. The fourth-order valence-electron chi connectivity index (χ4n) is 3.32. The molecule has 0 spiro atoms. The molecule has 0 radical (unpaired) electrons. The second kappa shape index (κ2) is 8.02. The molecule has 0 aliphatic carbocycles. The van der Waals surface area contributed by atoms with Crippen molar-refractivity contribution in [3.05, 3.63) is 52.5 Å². The van der Waals surface area contributed by atoms with Gasteiger partial charge in [-0.05, 0) is 30.3 Å². The minimum atomic E-state index is -3.75. The molecule has 2 aromatic rings. The molecule has 2 aliphatic heterocycles. The second-order valence-electron chi connectivity index (χ2n) is 6.70. The lowest BCUT2D eigenvalue weighted by molar-refractivity contribution is -0.142. The molecule has 2 aliphatic rings. The number of hydrogen-bond acceptors (Lipinski definition) is 5. The molecule has 2 heterocycles. The third-order valence-corrected chi connectivity index (χ3v) is 7.12. The number of fused-ring (bicyclic) bond motifs is 1. The normalized spacial score (nSPS) is 19.8. The first kappa shape index (κ1) is 20.3. The van der Waals surface area contributed by atoms with Crippen molar-refractivity contribution < 1.29 is 22.7 Å². The average molecular weight is 457 g/mol. The minimum absolute atomic E-state index is 0.0374. The van der Waals surface area contributed by atoms with E-state index in [1.807, 2.05) is 6.07 Å². The molecule has 1 saturated heterocycles. The summed E-state index contributed by atoms with van der Waals surface area (Å²) >= 11 is 11.9. The van der Waals surface area contributed by atoms with Gasteiger partial charge in [-0.3, -0.25) is 4.79 Å². The number of hydrogen-bond donors (Lipinski definition) is 0. The number of piperazine rings is 1. The summed E-state index contributed by atoms with van der Waals surface area (Å²) in [6.07, 6.45) is -0.750. The molecule has 7 nitrogen and oxygen atoms in total. The number of amides is 1. The van der Waals surface area contributed by atoms with Gasteiger partial charge < -0.3 is 14.4 Å². The van der Waals surface area contributed by atoms with E-state index >= 15 is 0 Å². The molecule has 0 saturated carbocycles. The van der Waals surface area contributed by atoms with Crippen LogP contribution >= 0.6 is 23.2 Å². The van der Waals surface area contributed by atoms with Crippen molar-refractivity contribution in [2.45, 2.75) is 11.0 Å². The fourth-order valence-corrected chi connectivity index (χ4v) is 5.47. The van der Waals surface area contributed by atoms with Crippen LogP contribution < -0.4 is 9.47 Å². The lowest BCUT2D eigenvalue weighted by Gasteiger charge is -2.36. The first-order chi connectivity index (χ1) is 13.8. The van der Waals surface area contributed by atoms with Crippen LogP contribution in [0.5, 0.6) is 11.5 Å². The van der Waals surface area contributed by atoms with Gasteiger partial charge in [-0.15, -0.1) is 0 Å². The topological polar surface area (TPSA) is 76.2 Å². The number of carbonyl (C=O) groups is 1. The maximum Gasteiger partial charge on any atom is 0.267 e. The highest BCUT2D eigenvalue weighted by Gasteiger charge is 2.35. The summed E-state index contributed by atoms with van der Waals surface area (Å²) in [7, 11) is -3.75. The van der Waals surface area contributed by atoms with Gasteiger partial charge in [0.15, 0.2) is 11.5 Å². The zero-order valence-corrected chi connectivity index (χ0v) is 17.6. The van der Waals surface area contributed by atoms with Gasteiger partial charge >= 0.3 is 0 Å². The number of ether oxygens (including phenoxy) is 2. The third-order valence-electron chi connectivity index (χ3n) is 4.81. The van der Waals surface area contributed by atoms with Crippen LogP contribution in [0.25, 0.3) is 0 Å². The van der Waals surface area contributed by atoms with Crippen LogP contribution in [0.2, 0.25) is 10.0 Å². The molecule has 1 fully saturated rings. The largest absolute Gasteiger partial charge is 0.485 e. The van der Waals surface area contributed by atoms with Gasteiger partial charge in [-0.2, -0.15) is 4.31 Å². The summed E-state index contributed by atoms with van der Waals surface area (Å²) < 4.78 is 38.4. The summed E-state index contributed by atoms with van der Waals surface area (Å²) in [4.78, 5) is 14.4. The van der Waals surface area contributed by atoms with Crippen LogP contribution in [0.3, 0.4) is 0 Å². The summed E-state index contributed by atoms with van der Waals surface area (Å²) in [5.74, 6) is 0.908. The Balaban J connectivity index is 1.41. The van der Waals surface area contributed by atoms with Gasteiger partial charge in [-0.1, -0.05) is 35.3 Å². The first-order valence-corrected chi connectivity index (χ1v) is 11.2. The molecule has 1 amide bonds. The number of halogens is 2. The number of sulfonamides is 1. The zero-order valence-electron chi connectivity index (χ0n) is 15.3. The quantitative estimate of drug-likeness (QED) is 0.709. The molecule has 2 aromatic carbocycles. The SMILES string of the molecule is O=C(C1COc2ccccc2O1)N1CCN(S(=O)(=O)c2cc(Cl)cc(Cl)c2)CC1. The first-order valence-electron chi connectivity index (χ1n) is 8.98. The van der Waals surface area contributed by atoms with Crippen molar-refractivity contribution in [2.75, 3.05) is 32.8 Å². The van der Waals surface area contributed by atoms with Crippen molar-refractivity contribution in [3.63, 3.8) is 0 Å². The highest BCUT2D eigenvalue weighted by molar-refractivity contribution is 7.89. The van der Waals surface area contributed by atoms with Crippen molar-refractivity contribution in [3.8, 4) is 11.5 Å². The number of benzene rings is 2. The van der Waals surface area contributed by atoms with Gasteiger partial charge in [0, 0.05) is 36.2 Å². The molecule has 1 unspecified atom stereocenters. The van der Waals surface area contributed by atoms with E-state index in [2.05, 4.69) is 0 Å². The van der Waals surface area contributed by atoms with E-state index in [0.29, 0.717) is 11.5 Å². The van der Waals surface area contributed by atoms with Crippen molar-refractivity contribution in [1.29, 1.82) is 0 Å². The predicted octanol–water partition coefficient (Wildman–Crippen LogP) is 2.67. The Kier molecular flexibility index (Phi) is 5.61. The Morgan fingerprint density at radius 2 is 1.59 bits per heavy atom. The molecular weight excluding hydrogens is 439 g/mol. The summed E-state index contributed by atoms with van der Waals surface area (Å²) in [5, 5.41) is 0.499. The molecule has 0 bridgehead atoms. The van der Waals surface area contributed by atoms with E-state index in [9.17, 15) is 13.2 Å². The Morgan fingerprint density at radius 3 is 2.24 bits per heavy atom. The van der Waals surface area contributed by atoms with Crippen LogP contribution in [-0.4, -0.2) is 62.4 Å². The third kappa shape index (κ3) is 4.16. The fraction of sp³-hybridized carbons (Fsp3) is 0.316. The number of nitrogens with zero attached hydrogens (tertiary/aromatic N) is 2. The molecule has 10 heteroatoms. The summed E-state index contributed by atoms with van der Waals surface area (Å²) in [6, 6.07) is 11.4. The molecular formula is C19H18Cl2N2O5S. The highest BCUT2D eigenvalue weighted by Crippen LogP contribution is 2.31. The van der Waals surface area contributed by atoms with Gasteiger partial charge in [0.1, 0.15) is 6.61 Å². The Labute approximate surface area is 178 Å². The van der Waals surface area contributed by atoms with E-state index in [-0.39, 0.29) is 53.6 Å². The standard InChI is InChI=1S/C19H18Cl2N2O5S/c20-13-9-14(21)11-15(10-13)29(25,26)23-7-5-22(6-8-23)19(24)18-12-27-16-3-1-2-4-17(16)28-18/h1-4,9-11,18H,5-8,12H2. The van der Waals surface area contributed by atoms with Crippen LogP contribution in [0.1, 0.15) is 0 Å². The smallest absolute Gasteiger partial charge is 0.267 e. The Morgan fingerprint density at radius 1 is 0.966 bits per heavy atom. The Hall–Kier alpha value is -2.00. The zero-order chi connectivity index (χ0) is 20.6. The number of rotatable bonds is 3. The predicted molar refractivity (Wildman–Crippen MR) is 108 cm³/mol. The highest BCUT2D eigenvalue weighted by atomic mass is 35.5. The van der Waals surface area contributed by atoms with E-state index < -0.39 is 16.1 Å². The van der Waals surface area contributed by atoms with E-state index in [1.165, 1.54) is 22.5 Å². The van der Waals surface area contributed by atoms with Crippen LogP contribution in [0, 0.1) is 0 Å². The van der Waals surface area contributed by atoms with Crippen molar-refractivity contribution >= 4 is 39.1 Å². The monoisotopic (exact) mass is 456 g/mol. The lowest BCUT2D eigenvalue weighted by atomic mass is 10.2. The van der Waals surface area contributed by atoms with Crippen LogP contribution in [0.4, 0.5) is 0 Å². The lowest BCUT2D eigenvalue weighted by Crippen LogP contribution is -2.55. The van der Waals surface area contributed by atoms with Crippen molar-refractivity contribution in [1.82, 2.24) is 9.21 Å². The summed E-state index contributed by atoms with van der Waals surface area (Å²) in [5.41, 5.74) is 0. The van der Waals surface area contributed by atoms with Gasteiger partial charge in [0.25, 0.3) is 5.91 Å². The molecule has 0 aromatic heterocycles. The van der Waals surface area contributed by atoms with E-state index in [4.69, 9.17) is 32.7 Å². The van der Waals surface area contributed by atoms with Crippen LogP contribution in [0.15, 0.2) is 47.4 Å². The average Bonchev–Trinajstić information content (AvgIpc) is 2.72. The van der Waals surface area contributed by atoms with Gasteiger partial charge in [0.05, 0.1) is 4.90 Å². The summed E-state index contributed by atoms with van der Waals surface area (Å²) in [6.45, 7) is 0.974. The van der Waals surface area contributed by atoms with E-state index in [0.717, 1.165) is 0 Å². The maximum absolute atomic E-state index is 12.9.